The minimum atomic E-state index is -0.00795. The Labute approximate surface area is 148 Å². The van der Waals surface area contributed by atoms with Crippen LogP contribution < -0.4 is 0 Å². The van der Waals surface area contributed by atoms with Crippen molar-refractivity contribution in [2.45, 2.75) is 38.3 Å². The molecule has 1 aromatic heterocycles. The van der Waals surface area contributed by atoms with E-state index in [4.69, 9.17) is 4.98 Å². The Kier molecular flexibility index (Phi) is 4.49. The van der Waals surface area contributed by atoms with Crippen LogP contribution in [0.15, 0.2) is 36.5 Å². The van der Waals surface area contributed by atoms with Crippen LogP contribution in [-0.2, 0) is 13.0 Å². The first-order valence-corrected chi connectivity index (χ1v) is 9.11. The number of amides is 1. The maximum atomic E-state index is 13.0. The van der Waals surface area contributed by atoms with E-state index in [1.165, 1.54) is 5.56 Å². The molecule has 0 saturated carbocycles. The quantitative estimate of drug-likeness (QED) is 0.846. The van der Waals surface area contributed by atoms with Crippen molar-refractivity contribution in [2.75, 3.05) is 20.1 Å². The smallest absolute Gasteiger partial charge is 0.254 e. The zero-order chi connectivity index (χ0) is 17.2. The van der Waals surface area contributed by atoms with Gasteiger partial charge >= 0.3 is 0 Å². The zero-order valence-corrected chi connectivity index (χ0v) is 14.7. The molecule has 2 aliphatic rings. The van der Waals surface area contributed by atoms with E-state index in [0.717, 1.165) is 62.4 Å². The van der Waals surface area contributed by atoms with Crippen LogP contribution in [0.2, 0.25) is 0 Å². The molecular formula is C20H24N4O. The van der Waals surface area contributed by atoms with Gasteiger partial charge in [0.1, 0.15) is 0 Å². The van der Waals surface area contributed by atoms with Crippen molar-refractivity contribution in [3.63, 3.8) is 0 Å². The molecule has 1 saturated heterocycles. The molecular weight excluding hydrogens is 312 g/mol. The Balaban J connectivity index is 1.62. The number of piperidine rings is 1. The largest absolute Gasteiger partial charge is 0.328 e. The summed E-state index contributed by atoms with van der Waals surface area (Å²) in [5.74, 6) is 0.902. The van der Waals surface area contributed by atoms with Crippen LogP contribution in [0.5, 0.6) is 0 Å². The molecule has 1 aromatic carbocycles. The Morgan fingerprint density at radius 2 is 2.00 bits per heavy atom. The highest BCUT2D eigenvalue weighted by atomic mass is 16.2. The first kappa shape index (κ1) is 16.2. The minimum Gasteiger partial charge on any atom is -0.328 e. The van der Waals surface area contributed by atoms with E-state index in [0.29, 0.717) is 0 Å². The van der Waals surface area contributed by atoms with Gasteiger partial charge < -0.3 is 9.80 Å². The predicted octanol–water partition coefficient (Wildman–Crippen LogP) is 2.83. The number of carbonyl (C=O) groups excluding carboxylic acids is 1. The van der Waals surface area contributed by atoms with Crippen molar-refractivity contribution in [1.82, 2.24) is 19.8 Å². The molecule has 0 aliphatic carbocycles. The van der Waals surface area contributed by atoms with Gasteiger partial charge in [-0.1, -0.05) is 18.2 Å². The van der Waals surface area contributed by atoms with Gasteiger partial charge in [0.05, 0.1) is 6.04 Å². The van der Waals surface area contributed by atoms with Crippen molar-refractivity contribution in [1.29, 1.82) is 0 Å². The third-order valence-corrected chi connectivity index (χ3v) is 5.23. The van der Waals surface area contributed by atoms with Gasteiger partial charge in [-0.3, -0.25) is 4.79 Å². The fraction of sp³-hybridized carbons (Fsp3) is 0.450. The Hall–Kier alpha value is -2.27. The molecule has 2 aliphatic heterocycles. The average Bonchev–Trinajstić information content (AvgIpc) is 2.67. The molecule has 4 rings (SSSR count). The summed E-state index contributed by atoms with van der Waals surface area (Å²) in [6.45, 7) is 2.72. The number of aromatic nitrogens is 2. The first-order chi connectivity index (χ1) is 12.2. The number of likely N-dealkylation sites (tertiary alicyclic amines) is 1. The van der Waals surface area contributed by atoms with Crippen molar-refractivity contribution >= 4 is 5.91 Å². The molecule has 1 fully saturated rings. The van der Waals surface area contributed by atoms with Gasteiger partial charge in [0.15, 0.2) is 5.82 Å². The zero-order valence-electron chi connectivity index (χ0n) is 14.7. The molecule has 25 heavy (non-hydrogen) atoms. The van der Waals surface area contributed by atoms with Crippen LogP contribution in [0.25, 0.3) is 0 Å². The van der Waals surface area contributed by atoms with Gasteiger partial charge in [0.2, 0.25) is 0 Å². The fourth-order valence-electron chi connectivity index (χ4n) is 3.82. The molecule has 1 amide bonds. The predicted molar refractivity (Wildman–Crippen MR) is 96.1 cm³/mol. The number of rotatable bonds is 2. The Bertz CT molecular complexity index is 762. The molecule has 5 nitrogen and oxygen atoms in total. The van der Waals surface area contributed by atoms with Crippen LogP contribution in [0.4, 0.5) is 0 Å². The maximum Gasteiger partial charge on any atom is 0.254 e. The summed E-state index contributed by atoms with van der Waals surface area (Å²) in [6, 6.07) is 9.53. The molecule has 1 atom stereocenters. The van der Waals surface area contributed by atoms with Gasteiger partial charge in [-0.15, -0.1) is 0 Å². The monoisotopic (exact) mass is 336 g/mol. The topological polar surface area (TPSA) is 49.3 Å². The van der Waals surface area contributed by atoms with E-state index in [-0.39, 0.29) is 11.9 Å². The number of likely N-dealkylation sites (N-methyl/N-ethyl adjacent to an activating group) is 1. The second-order valence-electron chi connectivity index (χ2n) is 7.06. The van der Waals surface area contributed by atoms with E-state index in [1.807, 2.05) is 41.4 Å². The Morgan fingerprint density at radius 1 is 1.16 bits per heavy atom. The number of nitrogens with zero attached hydrogens (tertiary/aromatic N) is 4. The van der Waals surface area contributed by atoms with Crippen molar-refractivity contribution in [3.8, 4) is 0 Å². The molecule has 5 heteroatoms. The van der Waals surface area contributed by atoms with Crippen LogP contribution in [0.3, 0.4) is 0 Å². The van der Waals surface area contributed by atoms with E-state index >= 15 is 0 Å². The lowest BCUT2D eigenvalue weighted by atomic mass is 9.99. The van der Waals surface area contributed by atoms with Crippen molar-refractivity contribution in [2.24, 2.45) is 0 Å². The van der Waals surface area contributed by atoms with Gasteiger partial charge in [-0.25, -0.2) is 9.97 Å². The molecule has 0 bridgehead atoms. The van der Waals surface area contributed by atoms with Gasteiger partial charge in [-0.2, -0.15) is 0 Å². The highest BCUT2D eigenvalue weighted by Gasteiger charge is 2.31. The number of hydrogen-bond acceptors (Lipinski definition) is 4. The molecule has 2 aromatic rings. The van der Waals surface area contributed by atoms with Crippen molar-refractivity contribution < 1.29 is 4.79 Å². The molecule has 0 radical (unpaired) electrons. The summed E-state index contributed by atoms with van der Waals surface area (Å²) < 4.78 is 0. The molecule has 0 unspecified atom stereocenters. The molecule has 0 N–H and O–H groups in total. The lowest BCUT2D eigenvalue weighted by molar-refractivity contribution is 0.0599. The van der Waals surface area contributed by atoms with E-state index < -0.39 is 0 Å². The first-order valence-electron chi connectivity index (χ1n) is 9.11. The number of fused-ring (bicyclic) bond motifs is 1. The third kappa shape index (κ3) is 3.29. The molecule has 0 spiro atoms. The van der Waals surface area contributed by atoms with Crippen LogP contribution in [0, 0.1) is 0 Å². The lowest BCUT2D eigenvalue weighted by Crippen LogP contribution is -2.39. The summed E-state index contributed by atoms with van der Waals surface area (Å²) >= 11 is 0. The van der Waals surface area contributed by atoms with Crippen LogP contribution >= 0.6 is 0 Å². The highest BCUT2D eigenvalue weighted by molar-refractivity contribution is 5.94. The summed E-state index contributed by atoms with van der Waals surface area (Å²) in [6.07, 6.45) is 6.03. The van der Waals surface area contributed by atoms with Crippen LogP contribution in [-0.4, -0.2) is 45.8 Å². The average molecular weight is 336 g/mol. The summed E-state index contributed by atoms with van der Waals surface area (Å²) in [5, 5.41) is 0. The SMILES string of the molecule is CN1CCc2nc([C@@H]3CCCCN3C(=O)c3ccccc3)ncc2C1. The Morgan fingerprint density at radius 3 is 2.84 bits per heavy atom. The van der Waals surface area contributed by atoms with E-state index in [1.54, 1.807) is 0 Å². The summed E-state index contributed by atoms with van der Waals surface area (Å²) in [5.41, 5.74) is 3.11. The second-order valence-corrected chi connectivity index (χ2v) is 7.06. The number of hydrogen-bond donors (Lipinski definition) is 0. The normalized spacial score (nSPS) is 21.0. The van der Waals surface area contributed by atoms with Crippen LogP contribution in [0.1, 0.15) is 52.7 Å². The number of benzene rings is 1. The lowest BCUT2D eigenvalue weighted by Gasteiger charge is -2.35. The second kappa shape index (κ2) is 6.92. The van der Waals surface area contributed by atoms with E-state index in [2.05, 4.69) is 16.9 Å². The van der Waals surface area contributed by atoms with Gasteiger partial charge in [-0.05, 0) is 38.4 Å². The van der Waals surface area contributed by atoms with Gasteiger partial charge in [0.25, 0.3) is 5.91 Å². The summed E-state index contributed by atoms with van der Waals surface area (Å²) in [4.78, 5) is 26.7. The molecule has 130 valence electrons. The number of carbonyl (C=O) groups is 1. The highest BCUT2D eigenvalue weighted by Crippen LogP contribution is 2.31. The maximum absolute atomic E-state index is 13.0. The molecule has 3 heterocycles. The minimum absolute atomic E-state index is 0.00795. The third-order valence-electron chi connectivity index (χ3n) is 5.23. The van der Waals surface area contributed by atoms with Gasteiger partial charge in [0, 0.05) is 49.1 Å². The standard InChI is InChI=1S/C20H24N4O/c1-23-12-10-17-16(14-23)13-21-19(22-17)18-9-5-6-11-24(18)20(25)15-7-3-2-4-8-15/h2-4,7-8,13,18H,5-6,9-12,14H2,1H3/t18-/m0/s1. The fourth-order valence-corrected chi connectivity index (χ4v) is 3.82. The van der Waals surface area contributed by atoms with Crippen molar-refractivity contribution in [3.05, 3.63) is 59.2 Å². The van der Waals surface area contributed by atoms with E-state index in [9.17, 15) is 4.79 Å². The summed E-state index contributed by atoms with van der Waals surface area (Å²) in [7, 11) is 2.12.